The SMILES string of the molecule is Cc1ccc(C(=O)Nc2ccc(Cl)cc2)cc1S(=O)(=O)N1CCCC1. The zero-order valence-corrected chi connectivity index (χ0v) is 15.4. The van der Waals surface area contributed by atoms with Crippen LogP contribution < -0.4 is 5.32 Å². The number of aryl methyl sites for hydroxylation is 1. The van der Waals surface area contributed by atoms with E-state index in [1.165, 1.54) is 10.4 Å². The monoisotopic (exact) mass is 378 g/mol. The number of carbonyl (C=O) groups excluding carboxylic acids is 1. The smallest absolute Gasteiger partial charge is 0.255 e. The molecule has 0 aliphatic carbocycles. The molecule has 1 aliphatic rings. The summed E-state index contributed by atoms with van der Waals surface area (Å²) in [6.07, 6.45) is 1.74. The number of amides is 1. The number of halogens is 1. The second-order valence-corrected chi connectivity index (χ2v) is 8.40. The van der Waals surface area contributed by atoms with E-state index in [0.29, 0.717) is 34.9 Å². The van der Waals surface area contributed by atoms with Crippen molar-refractivity contribution in [2.75, 3.05) is 18.4 Å². The topological polar surface area (TPSA) is 66.5 Å². The molecule has 0 spiro atoms. The first kappa shape index (κ1) is 17.9. The van der Waals surface area contributed by atoms with Gasteiger partial charge >= 0.3 is 0 Å². The molecule has 1 amide bonds. The maximum atomic E-state index is 12.8. The Morgan fingerprint density at radius 3 is 2.36 bits per heavy atom. The van der Waals surface area contributed by atoms with E-state index in [4.69, 9.17) is 11.6 Å². The van der Waals surface area contributed by atoms with Gasteiger partial charge in [0.05, 0.1) is 4.90 Å². The van der Waals surface area contributed by atoms with Gasteiger partial charge in [-0.05, 0) is 61.7 Å². The predicted molar refractivity (Wildman–Crippen MR) is 98.6 cm³/mol. The van der Waals surface area contributed by atoms with Gasteiger partial charge in [-0.25, -0.2) is 8.42 Å². The number of carbonyl (C=O) groups is 1. The molecule has 0 unspecified atom stereocenters. The van der Waals surface area contributed by atoms with Crippen molar-refractivity contribution in [3.05, 3.63) is 58.6 Å². The first-order valence-electron chi connectivity index (χ1n) is 8.05. The lowest BCUT2D eigenvalue weighted by molar-refractivity contribution is 0.102. The van der Waals surface area contributed by atoms with Gasteiger partial charge in [-0.1, -0.05) is 17.7 Å². The van der Waals surface area contributed by atoms with Gasteiger partial charge in [0.1, 0.15) is 0 Å². The third-order valence-electron chi connectivity index (χ3n) is 4.24. The average molecular weight is 379 g/mol. The summed E-state index contributed by atoms with van der Waals surface area (Å²) in [7, 11) is -3.57. The van der Waals surface area contributed by atoms with E-state index in [-0.39, 0.29) is 10.8 Å². The predicted octanol–water partition coefficient (Wildman–Crippen LogP) is 3.69. The fraction of sp³-hybridized carbons (Fsp3) is 0.278. The van der Waals surface area contributed by atoms with E-state index in [9.17, 15) is 13.2 Å². The quantitative estimate of drug-likeness (QED) is 0.882. The van der Waals surface area contributed by atoms with Crippen molar-refractivity contribution < 1.29 is 13.2 Å². The number of nitrogens with zero attached hydrogens (tertiary/aromatic N) is 1. The Morgan fingerprint density at radius 1 is 1.08 bits per heavy atom. The van der Waals surface area contributed by atoms with E-state index >= 15 is 0 Å². The van der Waals surface area contributed by atoms with E-state index in [2.05, 4.69) is 5.32 Å². The molecule has 0 atom stereocenters. The van der Waals surface area contributed by atoms with Crippen LogP contribution in [0.25, 0.3) is 0 Å². The lowest BCUT2D eigenvalue weighted by atomic mass is 10.1. The van der Waals surface area contributed by atoms with Crippen LogP contribution in [-0.2, 0) is 10.0 Å². The standard InChI is InChI=1S/C18H19ClN2O3S/c1-13-4-5-14(18(22)20-16-8-6-15(19)7-9-16)12-17(13)25(23,24)21-10-2-3-11-21/h4-9,12H,2-3,10-11H2,1H3,(H,20,22). The Hall–Kier alpha value is -1.89. The minimum Gasteiger partial charge on any atom is -0.322 e. The molecule has 0 saturated carbocycles. The van der Waals surface area contributed by atoms with Crippen LogP contribution in [-0.4, -0.2) is 31.7 Å². The highest BCUT2D eigenvalue weighted by Gasteiger charge is 2.29. The summed E-state index contributed by atoms with van der Waals surface area (Å²) in [6, 6.07) is 11.5. The second kappa shape index (κ2) is 7.15. The van der Waals surface area contributed by atoms with Crippen LogP contribution in [0.15, 0.2) is 47.4 Å². The highest BCUT2D eigenvalue weighted by atomic mass is 35.5. The van der Waals surface area contributed by atoms with Gasteiger partial charge in [-0.3, -0.25) is 4.79 Å². The van der Waals surface area contributed by atoms with Gasteiger partial charge in [0.25, 0.3) is 5.91 Å². The van der Waals surface area contributed by atoms with E-state index in [1.54, 1.807) is 43.3 Å². The van der Waals surface area contributed by atoms with Gasteiger partial charge < -0.3 is 5.32 Å². The molecule has 1 fully saturated rings. The highest BCUT2D eigenvalue weighted by molar-refractivity contribution is 7.89. The van der Waals surface area contributed by atoms with Crippen molar-refractivity contribution in [1.82, 2.24) is 4.31 Å². The highest BCUT2D eigenvalue weighted by Crippen LogP contribution is 2.25. The molecule has 25 heavy (non-hydrogen) atoms. The van der Waals surface area contributed by atoms with Crippen molar-refractivity contribution in [1.29, 1.82) is 0 Å². The number of hydrogen-bond donors (Lipinski definition) is 1. The van der Waals surface area contributed by atoms with E-state index in [0.717, 1.165) is 12.8 Å². The van der Waals surface area contributed by atoms with Crippen molar-refractivity contribution in [3.8, 4) is 0 Å². The summed E-state index contributed by atoms with van der Waals surface area (Å²) in [4.78, 5) is 12.7. The zero-order valence-electron chi connectivity index (χ0n) is 13.8. The fourth-order valence-corrected chi connectivity index (χ4v) is 4.72. The maximum Gasteiger partial charge on any atom is 0.255 e. The zero-order chi connectivity index (χ0) is 18.0. The summed E-state index contributed by atoms with van der Waals surface area (Å²) >= 11 is 5.83. The Labute approximate surface area is 152 Å². The normalized spacial score (nSPS) is 15.3. The summed E-state index contributed by atoms with van der Waals surface area (Å²) in [5.41, 5.74) is 1.53. The molecular formula is C18H19ClN2O3S. The number of hydrogen-bond acceptors (Lipinski definition) is 3. The molecule has 3 rings (SSSR count). The van der Waals surface area contributed by atoms with Crippen LogP contribution in [0.4, 0.5) is 5.69 Å². The third-order valence-corrected chi connectivity index (χ3v) is 6.53. The largest absolute Gasteiger partial charge is 0.322 e. The molecule has 1 aliphatic heterocycles. The van der Waals surface area contributed by atoms with Crippen molar-refractivity contribution >= 4 is 33.2 Å². The van der Waals surface area contributed by atoms with Crippen LogP contribution in [0.2, 0.25) is 5.02 Å². The average Bonchev–Trinajstić information content (AvgIpc) is 3.12. The minimum atomic E-state index is -3.57. The number of sulfonamides is 1. The number of nitrogens with one attached hydrogen (secondary N) is 1. The van der Waals surface area contributed by atoms with Crippen LogP contribution >= 0.6 is 11.6 Å². The van der Waals surface area contributed by atoms with Gasteiger partial charge in [0.15, 0.2) is 0 Å². The van der Waals surface area contributed by atoms with Gasteiger partial charge in [-0.2, -0.15) is 4.31 Å². The lowest BCUT2D eigenvalue weighted by Crippen LogP contribution is -2.28. The Morgan fingerprint density at radius 2 is 1.72 bits per heavy atom. The summed E-state index contributed by atoms with van der Waals surface area (Å²) in [5, 5.41) is 3.32. The summed E-state index contributed by atoms with van der Waals surface area (Å²) < 4.78 is 27.1. The number of rotatable bonds is 4. The van der Waals surface area contributed by atoms with Crippen LogP contribution in [0.1, 0.15) is 28.8 Å². The Kier molecular flexibility index (Phi) is 5.13. The lowest BCUT2D eigenvalue weighted by Gasteiger charge is -2.17. The maximum absolute atomic E-state index is 12.8. The van der Waals surface area contributed by atoms with Gasteiger partial charge in [0, 0.05) is 29.4 Å². The summed E-state index contributed by atoms with van der Waals surface area (Å²) in [5.74, 6) is -0.361. The number of benzene rings is 2. The van der Waals surface area contributed by atoms with Crippen molar-refractivity contribution in [3.63, 3.8) is 0 Å². The van der Waals surface area contributed by atoms with Gasteiger partial charge in [0.2, 0.25) is 10.0 Å². The molecule has 1 heterocycles. The minimum absolute atomic E-state index is 0.193. The van der Waals surface area contributed by atoms with E-state index in [1.807, 2.05) is 0 Å². The van der Waals surface area contributed by atoms with Crippen molar-refractivity contribution in [2.45, 2.75) is 24.7 Å². The first-order chi connectivity index (χ1) is 11.9. The Balaban J connectivity index is 1.88. The molecule has 7 heteroatoms. The van der Waals surface area contributed by atoms with Crippen LogP contribution in [0.3, 0.4) is 0 Å². The molecule has 132 valence electrons. The molecule has 1 saturated heterocycles. The van der Waals surface area contributed by atoms with Gasteiger partial charge in [-0.15, -0.1) is 0 Å². The third kappa shape index (κ3) is 3.86. The second-order valence-electron chi connectivity index (χ2n) is 6.05. The van der Waals surface area contributed by atoms with Crippen molar-refractivity contribution in [2.24, 2.45) is 0 Å². The summed E-state index contributed by atoms with van der Waals surface area (Å²) in [6.45, 7) is 2.80. The molecule has 2 aromatic carbocycles. The molecule has 5 nitrogen and oxygen atoms in total. The molecule has 0 bridgehead atoms. The molecule has 0 aromatic heterocycles. The van der Waals surface area contributed by atoms with Crippen LogP contribution in [0.5, 0.6) is 0 Å². The number of anilines is 1. The Bertz CT molecular complexity index is 889. The van der Waals surface area contributed by atoms with Crippen LogP contribution in [0, 0.1) is 6.92 Å². The first-order valence-corrected chi connectivity index (χ1v) is 9.87. The molecule has 2 aromatic rings. The fourth-order valence-electron chi connectivity index (χ4n) is 2.82. The van der Waals surface area contributed by atoms with E-state index < -0.39 is 10.0 Å². The molecule has 0 radical (unpaired) electrons. The molecular weight excluding hydrogens is 360 g/mol. The molecule has 1 N–H and O–H groups in total.